The number of aliphatic hydroxyl groups excluding tert-OH is 1. The SMILES string of the molecule is O=C(O)C[C@H]1CCCN(C[C@@H](O)c2ccc(-c3noc(-c4cnn(-c5ccc(Cl)cn5)c4C(F)(F)F)n3)cc2)C1. The van der Waals surface area contributed by atoms with Crippen molar-refractivity contribution < 1.29 is 32.7 Å². The molecule has 2 atom stereocenters. The Morgan fingerprint density at radius 1 is 1.18 bits per heavy atom. The number of benzene rings is 1. The van der Waals surface area contributed by atoms with Crippen LogP contribution in [0.3, 0.4) is 0 Å². The first-order chi connectivity index (χ1) is 19.1. The van der Waals surface area contributed by atoms with Gasteiger partial charge in [0.2, 0.25) is 5.82 Å². The zero-order valence-corrected chi connectivity index (χ0v) is 21.7. The molecule has 10 nitrogen and oxygen atoms in total. The van der Waals surface area contributed by atoms with E-state index in [0.29, 0.717) is 28.9 Å². The number of β-amino-alcohol motifs (C(OH)–C–C–N with tert-alkyl or cyclic N) is 1. The number of aromatic nitrogens is 5. The number of halogens is 4. The minimum Gasteiger partial charge on any atom is -0.481 e. The summed E-state index contributed by atoms with van der Waals surface area (Å²) in [6, 6.07) is 9.35. The minimum absolute atomic E-state index is 0.0562. The first-order valence-corrected chi connectivity index (χ1v) is 12.8. The largest absolute Gasteiger partial charge is 0.481 e. The molecule has 4 aromatic rings. The van der Waals surface area contributed by atoms with Crippen molar-refractivity contribution in [3.63, 3.8) is 0 Å². The lowest BCUT2D eigenvalue weighted by atomic mass is 9.94. The van der Waals surface area contributed by atoms with Crippen molar-refractivity contribution in [1.29, 1.82) is 0 Å². The van der Waals surface area contributed by atoms with Gasteiger partial charge in [0.05, 0.1) is 22.9 Å². The summed E-state index contributed by atoms with van der Waals surface area (Å²) < 4.78 is 47.9. The fourth-order valence-corrected chi connectivity index (χ4v) is 4.94. The average molecular weight is 577 g/mol. The molecule has 0 radical (unpaired) electrons. The number of carbonyl (C=O) groups is 1. The molecule has 5 rings (SSSR count). The molecule has 4 heterocycles. The molecule has 1 aliphatic rings. The van der Waals surface area contributed by atoms with Gasteiger partial charge >= 0.3 is 12.1 Å². The normalized spacial score (nSPS) is 17.2. The summed E-state index contributed by atoms with van der Waals surface area (Å²) in [5.74, 6) is -1.16. The summed E-state index contributed by atoms with van der Waals surface area (Å²) in [6.07, 6.45) is -1.58. The zero-order chi connectivity index (χ0) is 28.4. The lowest BCUT2D eigenvalue weighted by molar-refractivity contribution is -0.142. The van der Waals surface area contributed by atoms with Crippen molar-refractivity contribution in [1.82, 2.24) is 29.8 Å². The standard InChI is InChI=1S/C26H24ClF3N6O4/c27-18-7-8-21(31-11-18)36-23(26(28,29)30)19(12-32-36)25-33-24(34-40-25)17-5-3-16(4-6-17)20(37)14-35-9-1-2-15(13-35)10-22(38)39/h3-8,11-12,15,20,37H,1-2,9-10,13-14H2,(H,38,39)/t15-,20-/m1/s1. The lowest BCUT2D eigenvalue weighted by Crippen LogP contribution is -2.38. The number of aliphatic carboxylic acids is 1. The van der Waals surface area contributed by atoms with Gasteiger partial charge in [0, 0.05) is 31.3 Å². The molecule has 0 aliphatic carbocycles. The van der Waals surface area contributed by atoms with E-state index in [2.05, 4.69) is 25.1 Å². The van der Waals surface area contributed by atoms with E-state index >= 15 is 0 Å². The van der Waals surface area contributed by atoms with Gasteiger partial charge in [0.1, 0.15) is 0 Å². The molecule has 1 aromatic carbocycles. The Bertz CT molecular complexity index is 1470. The minimum atomic E-state index is -4.80. The van der Waals surface area contributed by atoms with Gasteiger partial charge in [-0.05, 0) is 43.0 Å². The van der Waals surface area contributed by atoms with Crippen LogP contribution in [0.15, 0.2) is 53.3 Å². The van der Waals surface area contributed by atoms with Gasteiger partial charge in [-0.1, -0.05) is 41.0 Å². The van der Waals surface area contributed by atoms with E-state index in [1.165, 1.54) is 18.3 Å². The van der Waals surface area contributed by atoms with Gasteiger partial charge in [-0.2, -0.15) is 23.3 Å². The summed E-state index contributed by atoms with van der Waals surface area (Å²) in [6.45, 7) is 1.74. The Morgan fingerprint density at radius 3 is 2.62 bits per heavy atom. The molecular weight excluding hydrogens is 553 g/mol. The molecule has 0 amide bonds. The maximum absolute atomic E-state index is 14.0. The number of alkyl halides is 3. The number of carboxylic acid groups (broad SMARTS) is 1. The topological polar surface area (TPSA) is 130 Å². The maximum atomic E-state index is 14.0. The summed E-state index contributed by atoms with van der Waals surface area (Å²) in [5, 5.41) is 27.7. The number of pyridine rings is 1. The summed E-state index contributed by atoms with van der Waals surface area (Å²) in [4.78, 5) is 21.2. The fourth-order valence-electron chi connectivity index (χ4n) is 4.83. The van der Waals surface area contributed by atoms with Crippen LogP contribution in [-0.2, 0) is 11.0 Å². The van der Waals surface area contributed by atoms with E-state index in [-0.39, 0.29) is 34.9 Å². The third-order valence-corrected chi connectivity index (χ3v) is 6.90. The van der Waals surface area contributed by atoms with Crippen molar-refractivity contribution in [2.75, 3.05) is 19.6 Å². The highest BCUT2D eigenvalue weighted by atomic mass is 35.5. The summed E-state index contributed by atoms with van der Waals surface area (Å²) in [5.41, 5.74) is -0.424. The number of rotatable bonds is 8. The van der Waals surface area contributed by atoms with Crippen LogP contribution >= 0.6 is 11.6 Å². The lowest BCUT2D eigenvalue weighted by Gasteiger charge is -2.33. The van der Waals surface area contributed by atoms with E-state index in [9.17, 15) is 23.1 Å². The fraction of sp³-hybridized carbons (Fsp3) is 0.346. The third-order valence-electron chi connectivity index (χ3n) is 6.67. The number of hydrogen-bond acceptors (Lipinski definition) is 8. The number of hydrogen-bond donors (Lipinski definition) is 2. The molecule has 0 saturated carbocycles. The van der Waals surface area contributed by atoms with Gasteiger partial charge in [-0.3, -0.25) is 4.79 Å². The monoisotopic (exact) mass is 576 g/mol. The van der Waals surface area contributed by atoms with Crippen LogP contribution in [0.5, 0.6) is 0 Å². The second-order valence-electron chi connectivity index (χ2n) is 9.58. The first kappa shape index (κ1) is 27.7. The van der Waals surface area contributed by atoms with E-state index in [1.807, 2.05) is 0 Å². The molecule has 2 N–H and O–H groups in total. The Morgan fingerprint density at radius 2 is 1.95 bits per heavy atom. The third kappa shape index (κ3) is 6.16. The summed E-state index contributed by atoms with van der Waals surface area (Å²) >= 11 is 5.80. The van der Waals surface area contributed by atoms with Crippen LogP contribution in [0.25, 0.3) is 28.7 Å². The molecule has 1 fully saturated rings. The van der Waals surface area contributed by atoms with Gasteiger partial charge in [0.15, 0.2) is 11.5 Å². The molecule has 210 valence electrons. The van der Waals surface area contributed by atoms with E-state index in [0.717, 1.165) is 25.6 Å². The predicted molar refractivity (Wildman–Crippen MR) is 136 cm³/mol. The van der Waals surface area contributed by atoms with Crippen LogP contribution in [0.2, 0.25) is 5.02 Å². The second kappa shape index (κ2) is 11.4. The Kier molecular flexibility index (Phi) is 7.88. The molecular formula is C26H24ClF3N6O4. The smallest absolute Gasteiger partial charge is 0.434 e. The highest BCUT2D eigenvalue weighted by Gasteiger charge is 2.41. The molecule has 0 spiro atoms. The van der Waals surface area contributed by atoms with Crippen molar-refractivity contribution in [3.8, 4) is 28.7 Å². The van der Waals surface area contributed by atoms with Gasteiger partial charge < -0.3 is 19.6 Å². The maximum Gasteiger partial charge on any atom is 0.434 e. The molecule has 0 bridgehead atoms. The Balaban J connectivity index is 1.32. The first-order valence-electron chi connectivity index (χ1n) is 12.4. The van der Waals surface area contributed by atoms with Crippen LogP contribution in [-0.4, -0.2) is 65.6 Å². The van der Waals surface area contributed by atoms with E-state index < -0.39 is 29.5 Å². The summed E-state index contributed by atoms with van der Waals surface area (Å²) in [7, 11) is 0. The van der Waals surface area contributed by atoms with E-state index in [4.69, 9.17) is 21.2 Å². The predicted octanol–water partition coefficient (Wildman–Crippen LogP) is 4.88. The van der Waals surface area contributed by atoms with Crippen molar-refractivity contribution in [2.45, 2.75) is 31.5 Å². The van der Waals surface area contributed by atoms with Gasteiger partial charge in [-0.25, -0.2) is 9.67 Å². The van der Waals surface area contributed by atoms with Crippen molar-refractivity contribution in [2.24, 2.45) is 5.92 Å². The Hall–Kier alpha value is -3.81. The molecule has 1 saturated heterocycles. The van der Waals surface area contributed by atoms with Crippen LogP contribution in [0.1, 0.15) is 36.6 Å². The molecule has 40 heavy (non-hydrogen) atoms. The number of aliphatic hydroxyl groups is 1. The van der Waals surface area contributed by atoms with Gasteiger partial charge in [-0.15, -0.1) is 0 Å². The molecule has 14 heteroatoms. The second-order valence-corrected chi connectivity index (χ2v) is 10.0. The van der Waals surface area contributed by atoms with Gasteiger partial charge in [0.25, 0.3) is 5.89 Å². The number of nitrogens with zero attached hydrogens (tertiary/aromatic N) is 6. The average Bonchev–Trinajstić information content (AvgIpc) is 3.57. The number of likely N-dealkylation sites (tertiary alicyclic amines) is 1. The van der Waals surface area contributed by atoms with Crippen LogP contribution in [0, 0.1) is 5.92 Å². The van der Waals surface area contributed by atoms with Crippen molar-refractivity contribution in [3.05, 3.63) is 65.1 Å². The van der Waals surface area contributed by atoms with Crippen molar-refractivity contribution >= 4 is 17.6 Å². The number of piperidine rings is 1. The highest BCUT2D eigenvalue weighted by Crippen LogP contribution is 2.38. The zero-order valence-electron chi connectivity index (χ0n) is 20.9. The molecule has 0 unspecified atom stereocenters. The Labute approximate surface area is 231 Å². The van der Waals surface area contributed by atoms with E-state index in [1.54, 1.807) is 24.3 Å². The quantitative estimate of drug-likeness (QED) is 0.301. The molecule has 3 aromatic heterocycles. The highest BCUT2D eigenvalue weighted by molar-refractivity contribution is 6.30. The van der Waals surface area contributed by atoms with Crippen LogP contribution < -0.4 is 0 Å². The molecule has 1 aliphatic heterocycles. The van der Waals surface area contributed by atoms with Crippen LogP contribution in [0.4, 0.5) is 13.2 Å². The number of carboxylic acids is 1.